The third-order valence-electron chi connectivity index (χ3n) is 3.38. The van der Waals surface area contributed by atoms with Crippen LogP contribution in [0.1, 0.15) is 30.8 Å². The zero-order chi connectivity index (χ0) is 20.4. The summed E-state index contributed by atoms with van der Waals surface area (Å²) in [6.07, 6.45) is -4.00. The van der Waals surface area contributed by atoms with Crippen LogP contribution in [0.3, 0.4) is 0 Å². The highest BCUT2D eigenvalue weighted by Crippen LogP contribution is 2.31. The number of hydrogen-bond acceptors (Lipinski definition) is 5. The van der Waals surface area contributed by atoms with E-state index in [-0.39, 0.29) is 41.4 Å². The zero-order valence-electron chi connectivity index (χ0n) is 14.5. The number of alkyl halides is 3. The molecule has 0 spiro atoms. The number of halogens is 4. The summed E-state index contributed by atoms with van der Waals surface area (Å²) < 4.78 is 67.5. The van der Waals surface area contributed by atoms with Gasteiger partial charge in [0.2, 0.25) is 15.9 Å². The van der Waals surface area contributed by atoms with E-state index in [2.05, 4.69) is 10.1 Å². The van der Waals surface area contributed by atoms with E-state index in [9.17, 15) is 21.6 Å². The molecule has 0 fully saturated rings. The summed E-state index contributed by atoms with van der Waals surface area (Å²) in [7, 11) is -3.70. The van der Waals surface area contributed by atoms with Gasteiger partial charge in [0.1, 0.15) is 0 Å². The molecule has 0 saturated heterocycles. The van der Waals surface area contributed by atoms with Gasteiger partial charge in [0.15, 0.2) is 0 Å². The summed E-state index contributed by atoms with van der Waals surface area (Å²) in [6, 6.07) is 2.33. The number of primary sulfonamides is 1. The Bertz CT molecular complexity index is 914. The number of aryl methyl sites for hydroxylation is 1. The Morgan fingerprint density at radius 1 is 1.33 bits per heavy atom. The second-order valence-electron chi connectivity index (χ2n) is 6.07. The van der Waals surface area contributed by atoms with Crippen molar-refractivity contribution >= 4 is 21.6 Å². The van der Waals surface area contributed by atoms with Gasteiger partial charge in [-0.05, 0) is 19.9 Å². The fraction of sp³-hybridized carbons (Fsp3) is 0.467. The highest BCUT2D eigenvalue weighted by molar-refractivity contribution is 7.89. The normalized spacial score (nSPS) is 12.6. The first-order valence-electron chi connectivity index (χ1n) is 7.80. The largest absolute Gasteiger partial charge is 0.474 e. The third kappa shape index (κ3) is 6.36. The summed E-state index contributed by atoms with van der Waals surface area (Å²) in [5, 5.41) is 9.05. The summed E-state index contributed by atoms with van der Waals surface area (Å²) in [6.45, 7) is 3.52. The van der Waals surface area contributed by atoms with Crippen LogP contribution in [0.5, 0.6) is 5.88 Å². The number of ether oxygens (including phenoxy) is 1. The molecule has 0 aliphatic rings. The van der Waals surface area contributed by atoms with Gasteiger partial charge < -0.3 is 4.74 Å². The van der Waals surface area contributed by atoms with E-state index in [0.717, 1.165) is 6.07 Å². The molecule has 2 N–H and O–H groups in total. The molecule has 2 rings (SSSR count). The molecule has 0 unspecified atom stereocenters. The average Bonchev–Trinajstić information content (AvgIpc) is 2.86. The molecule has 12 heteroatoms. The first-order valence-corrected chi connectivity index (χ1v) is 9.90. The number of rotatable bonds is 7. The van der Waals surface area contributed by atoms with Gasteiger partial charge in [-0.3, -0.25) is 9.67 Å². The zero-order valence-corrected chi connectivity index (χ0v) is 16.1. The van der Waals surface area contributed by atoms with Crippen molar-refractivity contribution in [3.8, 4) is 5.88 Å². The number of nitrogens with zero attached hydrogens (tertiary/aromatic N) is 3. The molecule has 0 saturated carbocycles. The van der Waals surface area contributed by atoms with Gasteiger partial charge in [0.05, 0.1) is 34.7 Å². The number of pyridine rings is 1. The lowest BCUT2D eigenvalue weighted by molar-refractivity contribution is -0.137. The molecule has 27 heavy (non-hydrogen) atoms. The van der Waals surface area contributed by atoms with Crippen molar-refractivity contribution in [3.63, 3.8) is 0 Å². The van der Waals surface area contributed by atoms with Crippen molar-refractivity contribution in [2.45, 2.75) is 39.1 Å². The van der Waals surface area contributed by atoms with Gasteiger partial charge in [-0.2, -0.15) is 13.2 Å². The number of nitrogens with two attached hydrogens (primary N) is 1. The van der Waals surface area contributed by atoms with E-state index in [0.29, 0.717) is 11.9 Å². The van der Waals surface area contributed by atoms with Crippen molar-refractivity contribution in [3.05, 3.63) is 40.3 Å². The van der Waals surface area contributed by atoms with Crippen LogP contribution in [-0.4, -0.2) is 35.0 Å². The quantitative estimate of drug-likeness (QED) is 0.733. The van der Waals surface area contributed by atoms with Gasteiger partial charge in [-0.1, -0.05) is 11.6 Å². The predicted octanol–water partition coefficient (Wildman–Crippen LogP) is 2.62. The molecule has 0 bridgehead atoms. The van der Waals surface area contributed by atoms with Crippen molar-refractivity contribution in [2.24, 2.45) is 5.14 Å². The SMILES string of the molecule is CC(C)Oc1cc(CCS(N)(=O)=O)n(Cc2ncc(C(F)(F)F)cc2Cl)n1. The monoisotopic (exact) mass is 426 g/mol. The smallest absolute Gasteiger partial charge is 0.417 e. The molecular weight excluding hydrogens is 409 g/mol. The molecule has 7 nitrogen and oxygen atoms in total. The Balaban J connectivity index is 2.31. The highest BCUT2D eigenvalue weighted by Gasteiger charge is 2.31. The topological polar surface area (TPSA) is 100 Å². The minimum Gasteiger partial charge on any atom is -0.474 e. The predicted molar refractivity (Wildman–Crippen MR) is 93.0 cm³/mol. The van der Waals surface area contributed by atoms with Gasteiger partial charge in [0, 0.05) is 24.4 Å². The van der Waals surface area contributed by atoms with Gasteiger partial charge in [0.25, 0.3) is 0 Å². The van der Waals surface area contributed by atoms with E-state index < -0.39 is 21.8 Å². The summed E-state index contributed by atoms with van der Waals surface area (Å²) in [4.78, 5) is 3.76. The van der Waals surface area contributed by atoms with Crippen LogP contribution in [-0.2, 0) is 29.2 Å². The number of aromatic nitrogens is 3. The van der Waals surface area contributed by atoms with Gasteiger partial charge >= 0.3 is 6.18 Å². The van der Waals surface area contributed by atoms with Crippen LogP contribution in [0, 0.1) is 0 Å². The minimum atomic E-state index is -4.56. The summed E-state index contributed by atoms with van der Waals surface area (Å²) in [5.41, 5.74) is -0.340. The summed E-state index contributed by atoms with van der Waals surface area (Å²) >= 11 is 5.93. The first kappa shape index (κ1) is 21.5. The van der Waals surface area contributed by atoms with E-state index in [1.807, 2.05) is 0 Å². The fourth-order valence-corrected chi connectivity index (χ4v) is 2.91. The van der Waals surface area contributed by atoms with Crippen molar-refractivity contribution in [1.29, 1.82) is 0 Å². The Morgan fingerprint density at radius 3 is 2.52 bits per heavy atom. The molecule has 0 aliphatic carbocycles. The Kier molecular flexibility index (Phi) is 6.38. The molecule has 2 aromatic rings. The maximum absolute atomic E-state index is 12.7. The van der Waals surface area contributed by atoms with Crippen LogP contribution in [0.15, 0.2) is 18.3 Å². The van der Waals surface area contributed by atoms with E-state index in [1.54, 1.807) is 19.9 Å². The van der Waals surface area contributed by atoms with E-state index in [1.165, 1.54) is 4.68 Å². The molecule has 2 aromatic heterocycles. The molecule has 0 aliphatic heterocycles. The van der Waals surface area contributed by atoms with Crippen LogP contribution < -0.4 is 9.88 Å². The second-order valence-corrected chi connectivity index (χ2v) is 8.21. The summed E-state index contributed by atoms with van der Waals surface area (Å²) in [5.74, 6) is -0.0778. The molecule has 0 amide bonds. The fourth-order valence-electron chi connectivity index (χ4n) is 2.19. The lowest BCUT2D eigenvalue weighted by atomic mass is 10.2. The Labute approximate surface area is 159 Å². The maximum atomic E-state index is 12.7. The van der Waals surface area contributed by atoms with Crippen molar-refractivity contribution < 1.29 is 26.3 Å². The van der Waals surface area contributed by atoms with Crippen LogP contribution >= 0.6 is 11.6 Å². The molecule has 0 radical (unpaired) electrons. The van der Waals surface area contributed by atoms with Crippen molar-refractivity contribution in [2.75, 3.05) is 5.75 Å². The second kappa shape index (κ2) is 8.03. The molecule has 2 heterocycles. The van der Waals surface area contributed by atoms with Gasteiger partial charge in [-0.15, -0.1) is 5.10 Å². The van der Waals surface area contributed by atoms with E-state index in [4.69, 9.17) is 21.5 Å². The lowest BCUT2D eigenvalue weighted by Gasteiger charge is -2.11. The first-order chi connectivity index (χ1) is 12.3. The lowest BCUT2D eigenvalue weighted by Crippen LogP contribution is -2.19. The van der Waals surface area contributed by atoms with Crippen LogP contribution in [0.4, 0.5) is 13.2 Å². The highest BCUT2D eigenvalue weighted by atomic mass is 35.5. The Hall–Kier alpha value is -1.85. The van der Waals surface area contributed by atoms with Crippen molar-refractivity contribution in [1.82, 2.24) is 14.8 Å². The molecule has 0 atom stereocenters. The van der Waals surface area contributed by atoms with Crippen LogP contribution in [0.2, 0.25) is 5.02 Å². The maximum Gasteiger partial charge on any atom is 0.417 e. The standard InChI is InChI=1S/C15H18ClF3N4O3S/c1-9(2)26-14-6-11(3-4-27(20,24)25)23(22-14)8-13-12(16)5-10(7-21-13)15(17,18)19/h5-7,9H,3-4,8H2,1-2H3,(H2,20,24,25). The molecule has 0 aromatic carbocycles. The molecule has 150 valence electrons. The van der Waals surface area contributed by atoms with Gasteiger partial charge in [-0.25, -0.2) is 13.6 Å². The van der Waals surface area contributed by atoms with Crippen LogP contribution in [0.25, 0.3) is 0 Å². The number of sulfonamides is 1. The third-order valence-corrected chi connectivity index (χ3v) is 4.48. The van der Waals surface area contributed by atoms with E-state index >= 15 is 0 Å². The Morgan fingerprint density at radius 2 is 2.00 bits per heavy atom. The average molecular weight is 427 g/mol. The molecular formula is C15H18ClF3N4O3S. The minimum absolute atomic E-state index is 0.0472. The number of hydrogen-bond donors (Lipinski definition) is 1.